The van der Waals surface area contributed by atoms with Crippen LogP contribution in [0.3, 0.4) is 0 Å². The van der Waals surface area contributed by atoms with Crippen LogP contribution in [0, 0.1) is 47.1 Å². The average molecular weight is 425 g/mol. The van der Waals surface area contributed by atoms with Crippen LogP contribution < -0.4 is 4.74 Å². The van der Waals surface area contributed by atoms with E-state index < -0.39 is 17.6 Å². The van der Waals surface area contributed by atoms with Gasteiger partial charge < -0.3 is 4.74 Å². The summed E-state index contributed by atoms with van der Waals surface area (Å²) in [5, 5.41) is -0.310. The summed E-state index contributed by atoms with van der Waals surface area (Å²) in [5.41, 5.74) is 0. The minimum Gasteiger partial charge on any atom is -0.423 e. The number of carbonyl (C=O) groups excluding carboxylic acids is 1. The average Bonchev–Trinajstić information content (AvgIpc) is 2.73. The largest absolute Gasteiger partial charge is 0.423 e. The van der Waals surface area contributed by atoms with E-state index >= 15 is 0 Å². The van der Waals surface area contributed by atoms with Crippen LogP contribution in [0.5, 0.6) is 5.75 Å². The van der Waals surface area contributed by atoms with E-state index in [1.165, 1.54) is 57.1 Å². The highest BCUT2D eigenvalue weighted by atomic mass is 35.5. The standard InChI is InChI=1S/C24H31ClF2O2/c1-14-5-7-15(8-6-14)16-9-10-18-17(13-16)3-2-4-19(18)24(28)29-21-12-11-20(25)22(26)23(21)27/h11-12,14-19H,2-10,13H2,1H3. The Morgan fingerprint density at radius 2 is 1.66 bits per heavy atom. The van der Waals surface area contributed by atoms with Crippen LogP contribution in [0.15, 0.2) is 12.1 Å². The molecular formula is C24H31ClF2O2. The molecule has 0 radical (unpaired) electrons. The first kappa shape index (κ1) is 21.1. The van der Waals surface area contributed by atoms with Crippen LogP contribution in [0.1, 0.15) is 71.1 Å². The van der Waals surface area contributed by atoms with Gasteiger partial charge in [0.25, 0.3) is 0 Å². The minimum absolute atomic E-state index is 0.209. The number of benzene rings is 1. The lowest BCUT2D eigenvalue weighted by molar-refractivity contribution is -0.144. The lowest BCUT2D eigenvalue weighted by atomic mass is 9.59. The zero-order valence-corrected chi connectivity index (χ0v) is 17.9. The summed E-state index contributed by atoms with van der Waals surface area (Å²) in [4.78, 5) is 12.8. The number of hydrogen-bond acceptors (Lipinski definition) is 2. The van der Waals surface area contributed by atoms with Crippen molar-refractivity contribution in [3.63, 3.8) is 0 Å². The SMILES string of the molecule is CC1CCC(C2CCC3C(CCCC3C(=O)Oc3ccc(Cl)c(F)c3F)C2)CC1. The molecular weight excluding hydrogens is 394 g/mol. The second-order valence-corrected chi connectivity index (χ2v) is 10.1. The Balaban J connectivity index is 1.40. The first-order valence-corrected chi connectivity index (χ1v) is 11.7. The van der Waals surface area contributed by atoms with Crippen LogP contribution in [-0.4, -0.2) is 5.97 Å². The normalized spacial score (nSPS) is 35.0. The van der Waals surface area contributed by atoms with Crippen LogP contribution in [0.4, 0.5) is 8.78 Å². The van der Waals surface area contributed by atoms with Crippen molar-refractivity contribution in [1.82, 2.24) is 0 Å². The van der Waals surface area contributed by atoms with E-state index in [-0.39, 0.29) is 16.7 Å². The first-order chi connectivity index (χ1) is 13.9. The van der Waals surface area contributed by atoms with E-state index in [0.717, 1.165) is 37.0 Å². The molecule has 1 aromatic carbocycles. The van der Waals surface area contributed by atoms with Gasteiger partial charge in [-0.05, 0) is 80.2 Å². The van der Waals surface area contributed by atoms with Crippen molar-refractivity contribution < 1.29 is 18.3 Å². The van der Waals surface area contributed by atoms with E-state index in [2.05, 4.69) is 6.92 Å². The molecule has 1 aromatic rings. The van der Waals surface area contributed by atoms with E-state index in [1.54, 1.807) is 0 Å². The van der Waals surface area contributed by atoms with Crippen LogP contribution >= 0.6 is 11.6 Å². The molecule has 0 aromatic heterocycles. The smallest absolute Gasteiger partial charge is 0.314 e. The number of esters is 1. The summed E-state index contributed by atoms with van der Waals surface area (Å²) in [6, 6.07) is 2.46. The van der Waals surface area contributed by atoms with Crippen LogP contribution in [-0.2, 0) is 4.79 Å². The summed E-state index contributed by atoms with van der Waals surface area (Å²) in [6.45, 7) is 2.36. The third-order valence-corrected chi connectivity index (χ3v) is 8.22. The second kappa shape index (κ2) is 8.91. The number of rotatable bonds is 3. The minimum atomic E-state index is -1.19. The monoisotopic (exact) mass is 424 g/mol. The maximum atomic E-state index is 14.1. The van der Waals surface area contributed by atoms with Crippen molar-refractivity contribution in [2.75, 3.05) is 0 Å². The molecule has 160 valence electrons. The fourth-order valence-corrected chi connectivity index (χ4v) is 6.39. The predicted molar refractivity (Wildman–Crippen MR) is 110 cm³/mol. The van der Waals surface area contributed by atoms with E-state index in [1.807, 2.05) is 0 Å². The van der Waals surface area contributed by atoms with Crippen LogP contribution in [0.25, 0.3) is 0 Å². The van der Waals surface area contributed by atoms with Crippen molar-refractivity contribution in [3.05, 3.63) is 28.8 Å². The van der Waals surface area contributed by atoms with Crippen molar-refractivity contribution >= 4 is 17.6 Å². The number of hydrogen-bond donors (Lipinski definition) is 0. The van der Waals surface area contributed by atoms with Gasteiger partial charge in [0.1, 0.15) is 0 Å². The molecule has 2 nitrogen and oxygen atoms in total. The topological polar surface area (TPSA) is 26.3 Å². The number of ether oxygens (including phenoxy) is 1. The molecule has 4 rings (SSSR count). The summed E-state index contributed by atoms with van der Waals surface area (Å²) in [7, 11) is 0. The fraction of sp³-hybridized carbons (Fsp3) is 0.708. The molecule has 0 heterocycles. The lowest BCUT2D eigenvalue weighted by Gasteiger charge is -2.45. The Morgan fingerprint density at radius 3 is 2.41 bits per heavy atom. The molecule has 4 unspecified atom stereocenters. The molecule has 4 atom stereocenters. The van der Waals surface area contributed by atoms with Gasteiger partial charge in [0.2, 0.25) is 5.82 Å². The Labute approximate surface area is 177 Å². The molecule has 29 heavy (non-hydrogen) atoms. The third kappa shape index (κ3) is 4.47. The van der Waals surface area contributed by atoms with Gasteiger partial charge in [0.15, 0.2) is 11.6 Å². The molecule has 0 amide bonds. The predicted octanol–water partition coefficient (Wildman–Crippen LogP) is 7.18. The quantitative estimate of drug-likeness (QED) is 0.291. The van der Waals surface area contributed by atoms with Crippen molar-refractivity contribution in [3.8, 4) is 5.75 Å². The molecule has 3 aliphatic rings. The summed E-state index contributed by atoms with van der Waals surface area (Å²) in [5.74, 6) is 0.0608. The van der Waals surface area contributed by atoms with E-state index in [9.17, 15) is 13.6 Å². The summed E-state index contributed by atoms with van der Waals surface area (Å²) < 4.78 is 33.1. The Hall–Kier alpha value is -1.16. The van der Waals surface area contributed by atoms with E-state index in [0.29, 0.717) is 11.8 Å². The molecule has 3 aliphatic carbocycles. The van der Waals surface area contributed by atoms with Gasteiger partial charge in [-0.3, -0.25) is 4.79 Å². The Kier molecular flexibility index (Phi) is 6.48. The van der Waals surface area contributed by atoms with Gasteiger partial charge >= 0.3 is 5.97 Å². The van der Waals surface area contributed by atoms with Crippen molar-refractivity contribution in [1.29, 1.82) is 0 Å². The third-order valence-electron chi connectivity index (χ3n) is 7.93. The van der Waals surface area contributed by atoms with Crippen LogP contribution in [0.2, 0.25) is 5.02 Å². The maximum Gasteiger partial charge on any atom is 0.314 e. The molecule has 0 bridgehead atoms. The van der Waals surface area contributed by atoms with Crippen molar-refractivity contribution in [2.24, 2.45) is 35.5 Å². The second-order valence-electron chi connectivity index (χ2n) is 9.65. The molecule has 3 saturated carbocycles. The molecule has 0 saturated heterocycles. The van der Waals surface area contributed by atoms with Gasteiger partial charge in [-0.25, -0.2) is 4.39 Å². The number of carbonyl (C=O) groups is 1. The highest BCUT2D eigenvalue weighted by molar-refractivity contribution is 6.30. The Bertz CT molecular complexity index is 745. The van der Waals surface area contributed by atoms with Crippen molar-refractivity contribution in [2.45, 2.75) is 71.1 Å². The first-order valence-electron chi connectivity index (χ1n) is 11.3. The number of halogens is 3. The van der Waals surface area contributed by atoms with E-state index in [4.69, 9.17) is 16.3 Å². The zero-order valence-electron chi connectivity index (χ0n) is 17.1. The molecule has 5 heteroatoms. The highest BCUT2D eigenvalue weighted by Gasteiger charge is 2.43. The van der Waals surface area contributed by atoms with Gasteiger partial charge in [-0.1, -0.05) is 44.2 Å². The molecule has 3 fully saturated rings. The Morgan fingerprint density at radius 1 is 0.931 bits per heavy atom. The lowest BCUT2D eigenvalue weighted by Crippen LogP contribution is -2.40. The summed E-state index contributed by atoms with van der Waals surface area (Å²) in [6.07, 6.45) is 11.9. The molecule has 0 spiro atoms. The van der Waals surface area contributed by atoms with Gasteiger partial charge in [-0.2, -0.15) is 4.39 Å². The number of fused-ring (bicyclic) bond motifs is 1. The maximum absolute atomic E-state index is 14.1. The fourth-order valence-electron chi connectivity index (χ4n) is 6.25. The zero-order chi connectivity index (χ0) is 20.5. The highest BCUT2D eigenvalue weighted by Crippen LogP contribution is 2.50. The van der Waals surface area contributed by atoms with Gasteiger partial charge in [0.05, 0.1) is 10.9 Å². The molecule has 0 N–H and O–H groups in total. The van der Waals surface area contributed by atoms with Gasteiger partial charge in [0, 0.05) is 0 Å². The molecule has 0 aliphatic heterocycles. The summed E-state index contributed by atoms with van der Waals surface area (Å²) >= 11 is 5.59. The van der Waals surface area contributed by atoms with Gasteiger partial charge in [-0.15, -0.1) is 0 Å².